The van der Waals surface area contributed by atoms with Crippen LogP contribution in [0.25, 0.3) is 0 Å². The molecule has 0 aliphatic carbocycles. The Labute approximate surface area is 138 Å². The second kappa shape index (κ2) is 6.70. The average Bonchev–Trinajstić information content (AvgIpc) is 2.62. The summed E-state index contributed by atoms with van der Waals surface area (Å²) < 4.78 is 0. The molecule has 3 rings (SSSR count). The summed E-state index contributed by atoms with van der Waals surface area (Å²) in [5.41, 5.74) is 5.01. The molecule has 0 heterocycles. The molecule has 116 valence electrons. The molecular weight excluding hydrogens is 280 g/mol. The van der Waals surface area contributed by atoms with Crippen molar-refractivity contribution in [3.05, 3.63) is 101 Å². The third kappa shape index (κ3) is 3.29. The summed E-state index contributed by atoms with van der Waals surface area (Å²) >= 11 is 0. The predicted molar refractivity (Wildman–Crippen MR) is 96.0 cm³/mol. The molecule has 23 heavy (non-hydrogen) atoms. The van der Waals surface area contributed by atoms with E-state index < -0.39 is 0 Å². The summed E-state index contributed by atoms with van der Waals surface area (Å²) in [6.45, 7) is 4.42. The zero-order valence-electron chi connectivity index (χ0n) is 13.6. The molecule has 3 aromatic carbocycles. The first-order valence-corrected chi connectivity index (χ1v) is 8.09. The fraction of sp³-hybridized carbons (Fsp3) is 0.182. The molecule has 2 atom stereocenters. The average molecular weight is 302 g/mol. The van der Waals surface area contributed by atoms with Crippen LogP contribution >= 0.6 is 0 Å². The minimum absolute atomic E-state index is 0.240. The number of phenols is 1. The molecule has 1 N–H and O–H groups in total. The Hall–Kier alpha value is -2.54. The van der Waals surface area contributed by atoms with E-state index in [-0.39, 0.29) is 11.8 Å². The van der Waals surface area contributed by atoms with E-state index in [1.807, 2.05) is 18.2 Å². The normalized spacial score (nSPS) is 13.5. The molecule has 1 nitrogen and oxygen atoms in total. The summed E-state index contributed by atoms with van der Waals surface area (Å²) in [5, 5.41) is 9.99. The van der Waals surface area contributed by atoms with Gasteiger partial charge in [-0.15, -0.1) is 0 Å². The second-order valence-corrected chi connectivity index (χ2v) is 6.08. The standard InChI is InChI=1S/C22H22O/c1-16(18-9-5-3-6-10-18)21-14-13-20(23)15-22(21)17(2)19-11-7-4-8-12-19/h3-17,23H,1-2H3. The minimum atomic E-state index is 0.240. The van der Waals surface area contributed by atoms with Crippen LogP contribution in [0.5, 0.6) is 5.75 Å². The van der Waals surface area contributed by atoms with Gasteiger partial charge in [0.2, 0.25) is 0 Å². The number of rotatable bonds is 4. The molecule has 0 amide bonds. The van der Waals surface area contributed by atoms with Gasteiger partial charge in [-0.2, -0.15) is 0 Å². The van der Waals surface area contributed by atoms with E-state index in [4.69, 9.17) is 0 Å². The highest BCUT2D eigenvalue weighted by Gasteiger charge is 2.18. The first kappa shape index (κ1) is 15.4. The van der Waals surface area contributed by atoms with Crippen molar-refractivity contribution in [2.24, 2.45) is 0 Å². The molecule has 0 aliphatic heterocycles. The lowest BCUT2D eigenvalue weighted by atomic mass is 9.83. The maximum absolute atomic E-state index is 9.99. The molecule has 0 radical (unpaired) electrons. The minimum Gasteiger partial charge on any atom is -0.508 e. The van der Waals surface area contributed by atoms with Gasteiger partial charge in [-0.05, 0) is 34.4 Å². The van der Waals surface area contributed by atoms with Crippen LogP contribution in [0.4, 0.5) is 0 Å². The Morgan fingerprint density at radius 2 is 1.09 bits per heavy atom. The summed E-state index contributed by atoms with van der Waals surface area (Å²) in [6, 6.07) is 26.7. The summed E-state index contributed by atoms with van der Waals surface area (Å²) in [7, 11) is 0. The van der Waals surface area contributed by atoms with Crippen LogP contribution in [-0.4, -0.2) is 5.11 Å². The van der Waals surface area contributed by atoms with Crippen molar-refractivity contribution in [3.8, 4) is 5.75 Å². The van der Waals surface area contributed by atoms with Crippen LogP contribution in [0.2, 0.25) is 0 Å². The van der Waals surface area contributed by atoms with Crippen molar-refractivity contribution >= 4 is 0 Å². The van der Waals surface area contributed by atoms with Gasteiger partial charge in [0, 0.05) is 11.8 Å². The van der Waals surface area contributed by atoms with Crippen molar-refractivity contribution in [2.75, 3.05) is 0 Å². The lowest BCUT2D eigenvalue weighted by molar-refractivity contribution is 0.474. The molecule has 0 bridgehead atoms. The Morgan fingerprint density at radius 3 is 1.61 bits per heavy atom. The van der Waals surface area contributed by atoms with Crippen molar-refractivity contribution < 1.29 is 5.11 Å². The number of hydrogen-bond acceptors (Lipinski definition) is 1. The quantitative estimate of drug-likeness (QED) is 0.656. The highest BCUT2D eigenvalue weighted by Crippen LogP contribution is 2.35. The molecule has 0 aromatic heterocycles. The van der Waals surface area contributed by atoms with Crippen molar-refractivity contribution in [3.63, 3.8) is 0 Å². The monoisotopic (exact) mass is 302 g/mol. The van der Waals surface area contributed by atoms with Crippen LogP contribution in [0.15, 0.2) is 78.9 Å². The van der Waals surface area contributed by atoms with Crippen LogP contribution < -0.4 is 0 Å². The highest BCUT2D eigenvalue weighted by atomic mass is 16.3. The van der Waals surface area contributed by atoms with E-state index in [2.05, 4.69) is 68.4 Å². The lowest BCUT2D eigenvalue weighted by Gasteiger charge is -2.22. The van der Waals surface area contributed by atoms with E-state index in [0.29, 0.717) is 5.75 Å². The Morgan fingerprint density at radius 1 is 0.609 bits per heavy atom. The van der Waals surface area contributed by atoms with Gasteiger partial charge in [0.1, 0.15) is 5.75 Å². The van der Waals surface area contributed by atoms with E-state index >= 15 is 0 Å². The second-order valence-electron chi connectivity index (χ2n) is 6.08. The predicted octanol–water partition coefficient (Wildman–Crippen LogP) is 5.70. The van der Waals surface area contributed by atoms with Gasteiger partial charge in [0.05, 0.1) is 0 Å². The van der Waals surface area contributed by atoms with E-state index in [1.165, 1.54) is 22.3 Å². The smallest absolute Gasteiger partial charge is 0.115 e. The van der Waals surface area contributed by atoms with Crippen LogP contribution in [0.3, 0.4) is 0 Å². The number of phenolic OH excluding ortho intramolecular Hbond substituents is 1. The summed E-state index contributed by atoms with van der Waals surface area (Å²) in [6.07, 6.45) is 0. The van der Waals surface area contributed by atoms with Crippen LogP contribution in [0, 0.1) is 0 Å². The van der Waals surface area contributed by atoms with Gasteiger partial charge in [-0.3, -0.25) is 0 Å². The molecule has 0 fully saturated rings. The zero-order chi connectivity index (χ0) is 16.2. The van der Waals surface area contributed by atoms with Gasteiger partial charge in [0.25, 0.3) is 0 Å². The molecule has 0 saturated carbocycles. The fourth-order valence-electron chi connectivity index (χ4n) is 3.17. The molecule has 3 aromatic rings. The molecule has 0 aliphatic rings. The molecule has 1 heteroatoms. The third-order valence-corrected chi connectivity index (χ3v) is 4.60. The first-order valence-electron chi connectivity index (χ1n) is 8.09. The Kier molecular flexibility index (Phi) is 4.47. The number of aromatic hydroxyl groups is 1. The maximum atomic E-state index is 9.99. The maximum Gasteiger partial charge on any atom is 0.115 e. The van der Waals surface area contributed by atoms with Gasteiger partial charge in [-0.1, -0.05) is 80.6 Å². The zero-order valence-corrected chi connectivity index (χ0v) is 13.6. The van der Waals surface area contributed by atoms with Gasteiger partial charge in [-0.25, -0.2) is 0 Å². The van der Waals surface area contributed by atoms with Gasteiger partial charge >= 0.3 is 0 Å². The summed E-state index contributed by atoms with van der Waals surface area (Å²) in [5.74, 6) is 0.856. The third-order valence-electron chi connectivity index (χ3n) is 4.60. The summed E-state index contributed by atoms with van der Waals surface area (Å²) in [4.78, 5) is 0. The number of hydrogen-bond donors (Lipinski definition) is 1. The number of benzene rings is 3. The van der Waals surface area contributed by atoms with Crippen molar-refractivity contribution in [1.82, 2.24) is 0 Å². The molecule has 0 spiro atoms. The van der Waals surface area contributed by atoms with Crippen LogP contribution in [0.1, 0.15) is 47.9 Å². The molecule has 0 saturated heterocycles. The molecule has 2 unspecified atom stereocenters. The lowest BCUT2D eigenvalue weighted by Crippen LogP contribution is -2.05. The van der Waals surface area contributed by atoms with E-state index in [9.17, 15) is 5.11 Å². The van der Waals surface area contributed by atoms with E-state index in [1.54, 1.807) is 6.07 Å². The SMILES string of the molecule is CC(c1ccccc1)c1ccc(O)cc1C(C)c1ccccc1. The first-order chi connectivity index (χ1) is 11.2. The van der Waals surface area contributed by atoms with Gasteiger partial charge < -0.3 is 5.11 Å². The van der Waals surface area contributed by atoms with Gasteiger partial charge in [0.15, 0.2) is 0 Å². The molecular formula is C22H22O. The van der Waals surface area contributed by atoms with Crippen LogP contribution in [-0.2, 0) is 0 Å². The van der Waals surface area contributed by atoms with E-state index in [0.717, 1.165) is 0 Å². The highest BCUT2D eigenvalue weighted by molar-refractivity contribution is 5.46. The Bertz CT molecular complexity index is 762. The van der Waals surface area contributed by atoms with Crippen molar-refractivity contribution in [2.45, 2.75) is 25.7 Å². The Balaban J connectivity index is 2.05. The largest absolute Gasteiger partial charge is 0.508 e. The topological polar surface area (TPSA) is 20.2 Å². The fourth-order valence-corrected chi connectivity index (χ4v) is 3.17. The van der Waals surface area contributed by atoms with Crippen molar-refractivity contribution in [1.29, 1.82) is 0 Å².